The van der Waals surface area contributed by atoms with Crippen molar-refractivity contribution in [3.63, 3.8) is 0 Å². The summed E-state index contributed by atoms with van der Waals surface area (Å²) in [6.07, 6.45) is 2.08. The normalized spacial score (nSPS) is 13.7. The number of hydrogen-bond donors (Lipinski definition) is 4. The zero-order chi connectivity index (χ0) is 20.0. The number of halogens is 1. The summed E-state index contributed by atoms with van der Waals surface area (Å²) in [5.41, 5.74) is 8.35. The Morgan fingerprint density at radius 2 is 1.96 bits per heavy atom. The predicted molar refractivity (Wildman–Crippen MR) is 105 cm³/mol. The van der Waals surface area contributed by atoms with Gasteiger partial charge >= 0.3 is 0 Å². The predicted octanol–water partition coefficient (Wildman–Crippen LogP) is 3.71. The fourth-order valence-corrected chi connectivity index (χ4v) is 2.79. The van der Waals surface area contributed by atoms with Crippen LogP contribution < -0.4 is 11.1 Å². The molecule has 0 aliphatic carbocycles. The summed E-state index contributed by atoms with van der Waals surface area (Å²) < 4.78 is 13.1. The summed E-state index contributed by atoms with van der Waals surface area (Å²) >= 11 is 0. The van der Waals surface area contributed by atoms with Gasteiger partial charge in [0.05, 0.1) is 12.1 Å². The molecule has 2 atom stereocenters. The fourth-order valence-electron chi connectivity index (χ4n) is 2.79. The van der Waals surface area contributed by atoms with Crippen LogP contribution in [0.25, 0.3) is 5.57 Å². The lowest BCUT2D eigenvalue weighted by molar-refractivity contribution is 0.0939. The van der Waals surface area contributed by atoms with Gasteiger partial charge in [-0.2, -0.15) is 0 Å². The molecule has 0 aliphatic heterocycles. The number of amides is 1. The minimum atomic E-state index is -0.780. The summed E-state index contributed by atoms with van der Waals surface area (Å²) in [4.78, 5) is 12.6. The number of rotatable bonds is 7. The van der Waals surface area contributed by atoms with E-state index in [9.17, 15) is 14.3 Å². The quantitative estimate of drug-likeness (QED) is 0.560. The molecule has 0 saturated carbocycles. The standard InChI is InChI=1S/C21H24FN3O2/c1-3-20(26)19-10-15(6-9-18(19)16(11-23)12-24)21(27)25-13(2)14-4-7-17(22)8-5-14/h4-13,20,23,26H,3,24H2,1-2H3,(H,25,27)/b16-12+,23-11?/t13-,20?/m1/s1. The van der Waals surface area contributed by atoms with Crippen molar-refractivity contribution in [3.8, 4) is 0 Å². The smallest absolute Gasteiger partial charge is 0.251 e. The highest BCUT2D eigenvalue weighted by molar-refractivity contribution is 6.09. The minimum absolute atomic E-state index is 0.307. The second-order valence-electron chi connectivity index (χ2n) is 6.24. The molecule has 0 aromatic heterocycles. The van der Waals surface area contributed by atoms with Crippen molar-refractivity contribution in [1.82, 2.24) is 5.32 Å². The van der Waals surface area contributed by atoms with Crippen molar-refractivity contribution in [2.45, 2.75) is 32.4 Å². The van der Waals surface area contributed by atoms with Crippen LogP contribution in [0.15, 0.2) is 48.7 Å². The second kappa shape index (κ2) is 9.09. The van der Waals surface area contributed by atoms with Gasteiger partial charge in [0.2, 0.25) is 0 Å². The van der Waals surface area contributed by atoms with Crippen molar-refractivity contribution < 1.29 is 14.3 Å². The van der Waals surface area contributed by atoms with Crippen LogP contribution in [0.2, 0.25) is 0 Å². The molecule has 0 saturated heterocycles. The highest BCUT2D eigenvalue weighted by atomic mass is 19.1. The lowest BCUT2D eigenvalue weighted by Crippen LogP contribution is -2.27. The van der Waals surface area contributed by atoms with Gasteiger partial charge < -0.3 is 21.6 Å². The second-order valence-corrected chi connectivity index (χ2v) is 6.24. The van der Waals surface area contributed by atoms with Crippen molar-refractivity contribution in [2.75, 3.05) is 0 Å². The van der Waals surface area contributed by atoms with E-state index in [-0.39, 0.29) is 17.8 Å². The molecule has 0 bridgehead atoms. The number of allylic oxidation sites excluding steroid dienone is 1. The molecular weight excluding hydrogens is 345 g/mol. The van der Waals surface area contributed by atoms with Crippen LogP contribution in [0.5, 0.6) is 0 Å². The third-order valence-electron chi connectivity index (χ3n) is 4.42. The average Bonchev–Trinajstić information content (AvgIpc) is 2.68. The van der Waals surface area contributed by atoms with Crippen LogP contribution in [-0.2, 0) is 0 Å². The molecule has 0 spiro atoms. The Kier molecular flexibility index (Phi) is 6.85. The molecule has 1 amide bonds. The van der Waals surface area contributed by atoms with Gasteiger partial charge in [-0.15, -0.1) is 0 Å². The Labute approximate surface area is 158 Å². The average molecular weight is 369 g/mol. The van der Waals surface area contributed by atoms with Gasteiger partial charge in [-0.05, 0) is 54.3 Å². The number of nitrogens with one attached hydrogen (secondary N) is 2. The zero-order valence-electron chi connectivity index (χ0n) is 15.4. The van der Waals surface area contributed by atoms with Crippen molar-refractivity contribution in [3.05, 3.63) is 76.7 Å². The van der Waals surface area contributed by atoms with E-state index in [0.29, 0.717) is 28.7 Å². The highest BCUT2D eigenvalue weighted by Crippen LogP contribution is 2.27. The van der Waals surface area contributed by atoms with Gasteiger partial charge in [0.15, 0.2) is 0 Å². The first kappa shape index (κ1) is 20.3. The number of aliphatic hydroxyl groups excluding tert-OH is 1. The summed E-state index contributed by atoms with van der Waals surface area (Å²) in [5, 5.41) is 20.7. The minimum Gasteiger partial charge on any atom is -0.404 e. The molecule has 2 aromatic rings. The summed E-state index contributed by atoms with van der Waals surface area (Å²) in [6, 6.07) is 10.6. The molecule has 5 nitrogen and oxygen atoms in total. The van der Waals surface area contributed by atoms with Crippen LogP contribution in [-0.4, -0.2) is 17.2 Å². The van der Waals surface area contributed by atoms with Crippen LogP contribution >= 0.6 is 0 Å². The molecule has 5 N–H and O–H groups in total. The Morgan fingerprint density at radius 1 is 1.30 bits per heavy atom. The first-order chi connectivity index (χ1) is 12.9. The SMILES string of the molecule is CCC(O)c1cc(C(=O)N[C@H](C)c2ccc(F)cc2)ccc1/C(C=N)=C/N. The van der Waals surface area contributed by atoms with E-state index >= 15 is 0 Å². The maximum absolute atomic E-state index is 13.1. The molecule has 1 unspecified atom stereocenters. The zero-order valence-corrected chi connectivity index (χ0v) is 15.4. The van der Waals surface area contributed by atoms with E-state index in [0.717, 1.165) is 11.8 Å². The van der Waals surface area contributed by atoms with Gasteiger partial charge in [-0.3, -0.25) is 4.79 Å². The van der Waals surface area contributed by atoms with Crippen molar-refractivity contribution in [1.29, 1.82) is 5.41 Å². The van der Waals surface area contributed by atoms with E-state index < -0.39 is 6.10 Å². The van der Waals surface area contributed by atoms with Crippen LogP contribution in [0.3, 0.4) is 0 Å². The van der Waals surface area contributed by atoms with Crippen LogP contribution in [0.1, 0.15) is 59.5 Å². The molecular formula is C21H24FN3O2. The lowest BCUT2D eigenvalue weighted by atomic mass is 9.93. The number of nitrogens with two attached hydrogens (primary N) is 1. The number of carbonyl (C=O) groups excluding carboxylic acids is 1. The van der Waals surface area contributed by atoms with Crippen LogP contribution in [0, 0.1) is 11.2 Å². The Morgan fingerprint density at radius 3 is 2.52 bits per heavy atom. The van der Waals surface area contributed by atoms with Gasteiger partial charge in [0.25, 0.3) is 5.91 Å². The largest absolute Gasteiger partial charge is 0.404 e. The van der Waals surface area contributed by atoms with E-state index in [4.69, 9.17) is 11.1 Å². The number of carbonyl (C=O) groups is 1. The molecule has 27 heavy (non-hydrogen) atoms. The molecule has 0 fully saturated rings. The number of benzene rings is 2. The molecule has 2 rings (SSSR count). The molecule has 142 valence electrons. The van der Waals surface area contributed by atoms with Crippen molar-refractivity contribution in [2.24, 2.45) is 5.73 Å². The number of aliphatic hydroxyl groups is 1. The van der Waals surface area contributed by atoms with Gasteiger partial charge in [0.1, 0.15) is 5.82 Å². The first-order valence-electron chi connectivity index (χ1n) is 8.72. The lowest BCUT2D eigenvalue weighted by Gasteiger charge is -2.18. The topological polar surface area (TPSA) is 99.2 Å². The fraction of sp³-hybridized carbons (Fsp3) is 0.238. The van der Waals surface area contributed by atoms with Gasteiger partial charge in [0, 0.05) is 23.6 Å². The monoisotopic (exact) mass is 369 g/mol. The summed E-state index contributed by atoms with van der Waals surface area (Å²) in [6.45, 7) is 3.64. The highest BCUT2D eigenvalue weighted by Gasteiger charge is 2.18. The number of hydrogen-bond acceptors (Lipinski definition) is 4. The molecule has 6 heteroatoms. The van der Waals surface area contributed by atoms with Gasteiger partial charge in [-0.1, -0.05) is 25.1 Å². The summed E-state index contributed by atoms with van der Waals surface area (Å²) in [7, 11) is 0. The molecule has 0 heterocycles. The molecule has 0 radical (unpaired) electrons. The first-order valence-corrected chi connectivity index (χ1v) is 8.72. The third-order valence-corrected chi connectivity index (χ3v) is 4.42. The van der Waals surface area contributed by atoms with E-state index in [1.807, 2.05) is 13.8 Å². The van der Waals surface area contributed by atoms with Crippen LogP contribution in [0.4, 0.5) is 4.39 Å². The molecule has 2 aromatic carbocycles. The summed E-state index contributed by atoms with van der Waals surface area (Å²) in [5.74, 6) is -0.642. The van der Waals surface area contributed by atoms with E-state index in [1.54, 1.807) is 30.3 Å². The van der Waals surface area contributed by atoms with E-state index in [1.165, 1.54) is 18.3 Å². The Bertz CT molecular complexity index is 847. The van der Waals surface area contributed by atoms with Gasteiger partial charge in [-0.25, -0.2) is 4.39 Å². The Balaban J connectivity index is 2.30. The Hall–Kier alpha value is -2.99. The third kappa shape index (κ3) is 4.80. The maximum Gasteiger partial charge on any atom is 0.251 e. The molecule has 0 aliphatic rings. The van der Waals surface area contributed by atoms with Crippen molar-refractivity contribution >= 4 is 17.7 Å². The maximum atomic E-state index is 13.1. The van der Waals surface area contributed by atoms with E-state index in [2.05, 4.69) is 5.32 Å².